The van der Waals surface area contributed by atoms with Crippen LogP contribution in [0, 0.1) is 5.82 Å². The third-order valence-corrected chi connectivity index (χ3v) is 2.20. The van der Waals surface area contributed by atoms with E-state index in [9.17, 15) is 4.39 Å². The van der Waals surface area contributed by atoms with Gasteiger partial charge in [0.2, 0.25) is 0 Å². The normalized spacial score (nSPS) is 11.2. The fraction of sp³-hybridized carbons (Fsp3) is 0. The van der Waals surface area contributed by atoms with Crippen molar-refractivity contribution in [2.24, 2.45) is 0 Å². The van der Waals surface area contributed by atoms with Crippen LogP contribution in [0.2, 0.25) is 0 Å². The molecule has 0 saturated heterocycles. The molecule has 0 aliphatic carbocycles. The summed E-state index contributed by atoms with van der Waals surface area (Å²) in [6.07, 6.45) is 3.14. The Morgan fingerprint density at radius 1 is 1.14 bits per heavy atom. The van der Waals surface area contributed by atoms with Gasteiger partial charge >= 0.3 is 0 Å². The number of fused-ring (bicyclic) bond motifs is 3. The maximum Gasteiger partial charge on any atom is 0.157 e. The minimum Gasteiger partial charge on any atom is -0.338 e. The third-order valence-electron chi connectivity index (χ3n) is 2.20. The van der Waals surface area contributed by atoms with E-state index in [-0.39, 0.29) is 5.82 Å². The van der Waals surface area contributed by atoms with Crippen LogP contribution in [0.15, 0.2) is 30.6 Å². The molecule has 0 radical (unpaired) electrons. The smallest absolute Gasteiger partial charge is 0.157 e. The zero-order valence-electron chi connectivity index (χ0n) is 7.16. The van der Waals surface area contributed by atoms with Gasteiger partial charge in [-0.25, -0.2) is 9.37 Å². The maximum absolute atomic E-state index is 13.5. The fourth-order valence-electron chi connectivity index (χ4n) is 1.61. The molecule has 1 aromatic carbocycles. The van der Waals surface area contributed by atoms with Crippen molar-refractivity contribution in [1.82, 2.24) is 15.0 Å². The summed E-state index contributed by atoms with van der Waals surface area (Å²) >= 11 is 0. The number of halogens is 1. The molecule has 0 saturated carbocycles. The Labute approximate surface area is 78.6 Å². The van der Waals surface area contributed by atoms with Crippen LogP contribution in [0.3, 0.4) is 0 Å². The topological polar surface area (TPSA) is 41.6 Å². The molecule has 0 aliphatic heterocycles. The van der Waals surface area contributed by atoms with E-state index < -0.39 is 0 Å². The van der Waals surface area contributed by atoms with Crippen molar-refractivity contribution in [1.29, 1.82) is 0 Å². The van der Waals surface area contributed by atoms with Crippen LogP contribution in [-0.4, -0.2) is 15.0 Å². The molecule has 2 aromatic heterocycles. The highest BCUT2D eigenvalue weighted by atomic mass is 19.1. The van der Waals surface area contributed by atoms with E-state index in [0.29, 0.717) is 16.6 Å². The van der Waals surface area contributed by atoms with Gasteiger partial charge in [-0.3, -0.25) is 4.98 Å². The zero-order chi connectivity index (χ0) is 9.54. The number of nitrogens with zero attached hydrogens (tertiary/aromatic N) is 2. The summed E-state index contributed by atoms with van der Waals surface area (Å²) in [5, 5.41) is 0.510. The minimum atomic E-state index is -0.269. The van der Waals surface area contributed by atoms with Gasteiger partial charge in [0.15, 0.2) is 5.65 Å². The summed E-state index contributed by atoms with van der Waals surface area (Å²) in [4.78, 5) is 11.2. The first-order valence-corrected chi connectivity index (χ1v) is 4.23. The molecule has 3 nitrogen and oxygen atoms in total. The number of nitrogens with one attached hydrogen (secondary N) is 1. The fourth-order valence-corrected chi connectivity index (χ4v) is 1.61. The van der Waals surface area contributed by atoms with E-state index in [0.717, 1.165) is 5.52 Å². The van der Waals surface area contributed by atoms with Crippen molar-refractivity contribution >= 4 is 22.1 Å². The molecule has 0 unspecified atom stereocenters. The first kappa shape index (κ1) is 7.44. The van der Waals surface area contributed by atoms with Crippen molar-refractivity contribution in [3.05, 3.63) is 36.4 Å². The highest BCUT2D eigenvalue weighted by Crippen LogP contribution is 2.23. The number of rotatable bonds is 0. The summed E-state index contributed by atoms with van der Waals surface area (Å²) in [6, 6.07) is 4.89. The molecule has 3 aromatic rings. The monoisotopic (exact) mass is 187 g/mol. The summed E-state index contributed by atoms with van der Waals surface area (Å²) in [7, 11) is 0. The molecule has 0 aliphatic rings. The van der Waals surface area contributed by atoms with Crippen LogP contribution in [0.5, 0.6) is 0 Å². The van der Waals surface area contributed by atoms with Crippen molar-refractivity contribution in [2.75, 3.05) is 0 Å². The van der Waals surface area contributed by atoms with Gasteiger partial charge in [-0.15, -0.1) is 0 Å². The van der Waals surface area contributed by atoms with E-state index in [2.05, 4.69) is 15.0 Å². The summed E-state index contributed by atoms with van der Waals surface area (Å²) in [5.74, 6) is -0.269. The van der Waals surface area contributed by atoms with Crippen molar-refractivity contribution in [3.8, 4) is 0 Å². The van der Waals surface area contributed by atoms with Crippen LogP contribution in [0.1, 0.15) is 0 Å². The Morgan fingerprint density at radius 2 is 2.00 bits per heavy atom. The molecule has 0 bridgehead atoms. The van der Waals surface area contributed by atoms with Crippen molar-refractivity contribution in [2.45, 2.75) is 0 Å². The lowest BCUT2D eigenvalue weighted by Crippen LogP contribution is -1.78. The first-order chi connectivity index (χ1) is 6.86. The predicted molar refractivity (Wildman–Crippen MR) is 51.4 cm³/mol. The van der Waals surface area contributed by atoms with E-state index in [1.165, 1.54) is 6.07 Å². The average molecular weight is 187 g/mol. The Kier molecular flexibility index (Phi) is 1.33. The lowest BCUT2D eigenvalue weighted by molar-refractivity contribution is 0.640. The SMILES string of the molecule is Fc1cccc2[nH]c3nccnc3c12. The standard InChI is InChI=1S/C10H6FN3/c11-6-2-1-3-7-8(6)9-10(14-7)13-5-4-12-9/h1-5H,(H,13,14). The van der Waals surface area contributed by atoms with Crippen LogP contribution in [0.25, 0.3) is 22.1 Å². The van der Waals surface area contributed by atoms with E-state index >= 15 is 0 Å². The average Bonchev–Trinajstić information content (AvgIpc) is 2.57. The molecule has 3 rings (SSSR count). The van der Waals surface area contributed by atoms with Gasteiger partial charge < -0.3 is 4.98 Å². The molecule has 0 atom stereocenters. The Balaban J connectivity index is 2.65. The Bertz CT molecular complexity index is 615. The quantitative estimate of drug-likeness (QED) is 0.586. The maximum atomic E-state index is 13.5. The molecule has 1 N–H and O–H groups in total. The summed E-state index contributed by atoms with van der Waals surface area (Å²) < 4.78 is 13.5. The lowest BCUT2D eigenvalue weighted by atomic mass is 10.2. The van der Waals surface area contributed by atoms with Gasteiger partial charge in [-0.1, -0.05) is 6.07 Å². The second-order valence-electron chi connectivity index (χ2n) is 3.04. The van der Waals surface area contributed by atoms with Gasteiger partial charge in [0.1, 0.15) is 11.3 Å². The molecule has 4 heteroatoms. The highest BCUT2D eigenvalue weighted by molar-refractivity contribution is 6.03. The van der Waals surface area contributed by atoms with Crippen LogP contribution < -0.4 is 0 Å². The van der Waals surface area contributed by atoms with Crippen molar-refractivity contribution < 1.29 is 4.39 Å². The summed E-state index contributed by atoms with van der Waals surface area (Å²) in [6.45, 7) is 0. The molecular weight excluding hydrogens is 181 g/mol. The van der Waals surface area contributed by atoms with Gasteiger partial charge in [0.25, 0.3) is 0 Å². The number of hydrogen-bond acceptors (Lipinski definition) is 2. The largest absolute Gasteiger partial charge is 0.338 e. The number of benzene rings is 1. The van der Waals surface area contributed by atoms with E-state index in [1.807, 2.05) is 6.07 Å². The van der Waals surface area contributed by atoms with Gasteiger partial charge in [-0.05, 0) is 12.1 Å². The molecule has 0 amide bonds. The van der Waals surface area contributed by atoms with E-state index in [4.69, 9.17) is 0 Å². The van der Waals surface area contributed by atoms with Crippen LogP contribution in [-0.2, 0) is 0 Å². The minimum absolute atomic E-state index is 0.269. The zero-order valence-corrected chi connectivity index (χ0v) is 7.16. The van der Waals surface area contributed by atoms with Gasteiger partial charge in [0.05, 0.1) is 10.9 Å². The Morgan fingerprint density at radius 3 is 2.93 bits per heavy atom. The number of aromatic amines is 1. The molecule has 68 valence electrons. The molecule has 0 fully saturated rings. The molecular formula is C10H6FN3. The van der Waals surface area contributed by atoms with Crippen LogP contribution in [0.4, 0.5) is 4.39 Å². The van der Waals surface area contributed by atoms with Gasteiger partial charge in [0, 0.05) is 12.4 Å². The number of aromatic nitrogens is 3. The molecule has 2 heterocycles. The second-order valence-corrected chi connectivity index (χ2v) is 3.04. The number of H-pyrrole nitrogens is 1. The second kappa shape index (κ2) is 2.51. The van der Waals surface area contributed by atoms with Crippen LogP contribution >= 0.6 is 0 Å². The molecule has 14 heavy (non-hydrogen) atoms. The third kappa shape index (κ3) is 0.849. The summed E-state index contributed by atoms with van der Waals surface area (Å²) in [5.41, 5.74) is 1.93. The van der Waals surface area contributed by atoms with Crippen molar-refractivity contribution in [3.63, 3.8) is 0 Å². The highest BCUT2D eigenvalue weighted by Gasteiger charge is 2.09. The first-order valence-electron chi connectivity index (χ1n) is 4.23. The lowest BCUT2D eigenvalue weighted by Gasteiger charge is -1.90. The predicted octanol–water partition coefficient (Wildman–Crippen LogP) is 2.25. The Hall–Kier alpha value is -1.97. The number of hydrogen-bond donors (Lipinski definition) is 1. The van der Waals surface area contributed by atoms with Gasteiger partial charge in [-0.2, -0.15) is 0 Å². The molecule has 0 spiro atoms. The van der Waals surface area contributed by atoms with E-state index in [1.54, 1.807) is 18.5 Å².